The molecule has 1 unspecified atom stereocenters. The van der Waals surface area contributed by atoms with Gasteiger partial charge in [0, 0.05) is 4.47 Å². The Morgan fingerprint density at radius 2 is 1.80 bits per heavy atom. The molecule has 1 N–H and O–H groups in total. The van der Waals surface area contributed by atoms with Gasteiger partial charge in [0.15, 0.2) is 11.6 Å². The molecule has 0 saturated carbocycles. The van der Waals surface area contributed by atoms with Gasteiger partial charge >= 0.3 is 0 Å². The molecule has 0 aliphatic heterocycles. The van der Waals surface area contributed by atoms with Crippen LogP contribution in [0.4, 0.5) is 13.2 Å². The second-order valence-corrected chi connectivity index (χ2v) is 5.05. The van der Waals surface area contributed by atoms with E-state index in [9.17, 15) is 18.3 Å². The van der Waals surface area contributed by atoms with E-state index in [-0.39, 0.29) is 15.8 Å². The van der Waals surface area contributed by atoms with Gasteiger partial charge in [-0.05, 0) is 31.2 Å². The quantitative estimate of drug-likeness (QED) is 0.815. The van der Waals surface area contributed by atoms with Crippen LogP contribution in [0.3, 0.4) is 0 Å². The van der Waals surface area contributed by atoms with Crippen molar-refractivity contribution in [2.45, 2.75) is 13.0 Å². The summed E-state index contributed by atoms with van der Waals surface area (Å²) in [5, 5.41) is 9.54. The van der Waals surface area contributed by atoms with E-state index in [1.807, 2.05) is 0 Å². The smallest absolute Gasteiger partial charge is 0.201 e. The molecule has 0 aromatic heterocycles. The van der Waals surface area contributed by atoms with Gasteiger partial charge in [0.25, 0.3) is 0 Å². The first-order chi connectivity index (χ1) is 9.40. The third kappa shape index (κ3) is 2.96. The molecule has 6 heteroatoms. The number of hydrogen-bond donors (Lipinski definition) is 1. The Kier molecular flexibility index (Phi) is 4.35. The van der Waals surface area contributed by atoms with Crippen LogP contribution in [0.15, 0.2) is 34.8 Å². The Labute approximate surface area is 121 Å². The number of rotatable bonds is 3. The molecule has 1 atom stereocenters. The fourth-order valence-corrected chi connectivity index (χ4v) is 2.15. The van der Waals surface area contributed by atoms with Crippen LogP contribution in [-0.4, -0.2) is 5.11 Å². The molecule has 0 fully saturated rings. The summed E-state index contributed by atoms with van der Waals surface area (Å²) in [4.78, 5) is 0. The molecule has 106 valence electrons. The zero-order valence-corrected chi connectivity index (χ0v) is 11.9. The minimum absolute atomic E-state index is 0.0728. The highest BCUT2D eigenvalue weighted by Gasteiger charge is 2.18. The Hall–Kier alpha value is -1.53. The maximum Gasteiger partial charge on any atom is 0.201 e. The van der Waals surface area contributed by atoms with Gasteiger partial charge in [-0.25, -0.2) is 8.78 Å². The summed E-state index contributed by atoms with van der Waals surface area (Å²) in [5.41, 5.74) is -0.118. The molecule has 2 nitrogen and oxygen atoms in total. The van der Waals surface area contributed by atoms with Crippen LogP contribution in [0.25, 0.3) is 0 Å². The molecular formula is C14H10BrF3O2. The highest BCUT2D eigenvalue weighted by Crippen LogP contribution is 2.34. The van der Waals surface area contributed by atoms with Crippen LogP contribution in [0.2, 0.25) is 0 Å². The van der Waals surface area contributed by atoms with Crippen molar-refractivity contribution in [3.05, 3.63) is 57.8 Å². The zero-order valence-electron chi connectivity index (χ0n) is 10.3. The lowest BCUT2D eigenvalue weighted by atomic mass is 10.1. The van der Waals surface area contributed by atoms with Gasteiger partial charge in [0.2, 0.25) is 5.82 Å². The van der Waals surface area contributed by atoms with Crippen LogP contribution in [-0.2, 0) is 0 Å². The van der Waals surface area contributed by atoms with Gasteiger partial charge in [-0.1, -0.05) is 22.0 Å². The molecule has 0 spiro atoms. The van der Waals surface area contributed by atoms with E-state index in [2.05, 4.69) is 15.9 Å². The molecule has 0 saturated heterocycles. The number of halogens is 4. The largest absolute Gasteiger partial charge is 0.454 e. The third-order valence-electron chi connectivity index (χ3n) is 2.61. The Morgan fingerprint density at radius 1 is 1.10 bits per heavy atom. The van der Waals surface area contributed by atoms with Crippen LogP contribution in [0.1, 0.15) is 18.6 Å². The predicted molar refractivity (Wildman–Crippen MR) is 71.2 cm³/mol. The van der Waals surface area contributed by atoms with Crippen LogP contribution < -0.4 is 4.74 Å². The van der Waals surface area contributed by atoms with Crippen molar-refractivity contribution in [2.75, 3.05) is 0 Å². The minimum Gasteiger partial charge on any atom is -0.454 e. The van der Waals surface area contributed by atoms with Gasteiger partial charge < -0.3 is 9.84 Å². The Bertz CT molecular complexity index is 645. The molecule has 0 amide bonds. The summed E-state index contributed by atoms with van der Waals surface area (Å²) >= 11 is 3.01. The third-order valence-corrected chi connectivity index (χ3v) is 3.07. The van der Waals surface area contributed by atoms with E-state index in [0.717, 1.165) is 12.1 Å². The SMILES string of the molecule is CC(O)c1c(F)cccc1Oc1cc(Br)cc(F)c1F. The lowest BCUT2D eigenvalue weighted by Crippen LogP contribution is -2.01. The summed E-state index contributed by atoms with van der Waals surface area (Å²) in [5.74, 6) is -3.44. The maximum atomic E-state index is 13.6. The van der Waals surface area contributed by atoms with Crippen molar-refractivity contribution in [2.24, 2.45) is 0 Å². The number of benzene rings is 2. The highest BCUT2D eigenvalue weighted by molar-refractivity contribution is 9.10. The zero-order chi connectivity index (χ0) is 14.9. The van der Waals surface area contributed by atoms with E-state index < -0.39 is 29.3 Å². The fraction of sp³-hybridized carbons (Fsp3) is 0.143. The number of hydrogen-bond acceptors (Lipinski definition) is 2. The standard InChI is InChI=1S/C14H10BrF3O2/c1-7(19)13-9(16)3-2-4-11(13)20-12-6-8(15)5-10(17)14(12)18/h2-7,19H,1H3. The molecule has 0 radical (unpaired) electrons. The molecule has 0 heterocycles. The summed E-state index contributed by atoms with van der Waals surface area (Å²) in [6.45, 7) is 1.35. The second kappa shape index (κ2) is 5.85. The average molecular weight is 347 g/mol. The summed E-state index contributed by atoms with van der Waals surface area (Å²) < 4.78 is 46.0. The van der Waals surface area contributed by atoms with Gasteiger partial charge in [0.1, 0.15) is 11.6 Å². The monoisotopic (exact) mass is 346 g/mol. The Morgan fingerprint density at radius 3 is 2.45 bits per heavy atom. The molecule has 0 bridgehead atoms. The molecule has 2 aromatic carbocycles. The van der Waals surface area contributed by atoms with Crippen LogP contribution in [0.5, 0.6) is 11.5 Å². The molecule has 20 heavy (non-hydrogen) atoms. The molecular weight excluding hydrogens is 337 g/mol. The summed E-state index contributed by atoms with van der Waals surface area (Å²) in [6, 6.07) is 6.03. The van der Waals surface area contributed by atoms with Crippen molar-refractivity contribution in [3.8, 4) is 11.5 Å². The number of ether oxygens (including phenoxy) is 1. The first kappa shape index (κ1) is 14.9. The van der Waals surface area contributed by atoms with E-state index in [0.29, 0.717) is 0 Å². The van der Waals surface area contributed by atoms with E-state index >= 15 is 0 Å². The van der Waals surface area contributed by atoms with Crippen molar-refractivity contribution >= 4 is 15.9 Å². The molecule has 0 aliphatic carbocycles. The summed E-state index contributed by atoms with van der Waals surface area (Å²) in [6.07, 6.45) is -1.15. The average Bonchev–Trinajstić information content (AvgIpc) is 2.35. The van der Waals surface area contributed by atoms with Crippen LogP contribution in [0, 0.1) is 17.5 Å². The van der Waals surface area contributed by atoms with E-state index in [4.69, 9.17) is 4.74 Å². The number of aliphatic hydroxyl groups is 1. The van der Waals surface area contributed by atoms with E-state index in [1.54, 1.807) is 0 Å². The lowest BCUT2D eigenvalue weighted by Gasteiger charge is -2.14. The normalized spacial score (nSPS) is 12.3. The van der Waals surface area contributed by atoms with Crippen molar-refractivity contribution in [3.63, 3.8) is 0 Å². The van der Waals surface area contributed by atoms with Gasteiger partial charge in [-0.15, -0.1) is 0 Å². The van der Waals surface area contributed by atoms with Gasteiger partial charge in [-0.2, -0.15) is 4.39 Å². The van der Waals surface area contributed by atoms with E-state index in [1.165, 1.54) is 25.1 Å². The topological polar surface area (TPSA) is 29.5 Å². The minimum atomic E-state index is -1.19. The van der Waals surface area contributed by atoms with Crippen molar-refractivity contribution < 1.29 is 23.0 Å². The molecule has 2 aromatic rings. The molecule has 2 rings (SSSR count). The summed E-state index contributed by atoms with van der Waals surface area (Å²) in [7, 11) is 0. The van der Waals surface area contributed by atoms with Gasteiger partial charge in [-0.3, -0.25) is 0 Å². The van der Waals surface area contributed by atoms with Crippen molar-refractivity contribution in [1.82, 2.24) is 0 Å². The predicted octanol–water partition coefficient (Wildman–Crippen LogP) is 4.71. The maximum absolute atomic E-state index is 13.6. The van der Waals surface area contributed by atoms with Crippen LogP contribution >= 0.6 is 15.9 Å². The number of aliphatic hydroxyl groups excluding tert-OH is 1. The first-order valence-electron chi connectivity index (χ1n) is 5.69. The first-order valence-corrected chi connectivity index (χ1v) is 6.48. The fourth-order valence-electron chi connectivity index (χ4n) is 1.74. The Balaban J connectivity index is 2.48. The second-order valence-electron chi connectivity index (χ2n) is 4.13. The van der Waals surface area contributed by atoms with Crippen molar-refractivity contribution in [1.29, 1.82) is 0 Å². The highest BCUT2D eigenvalue weighted by atomic mass is 79.9. The molecule has 0 aliphatic rings. The van der Waals surface area contributed by atoms with Gasteiger partial charge in [0.05, 0.1) is 11.7 Å². The lowest BCUT2D eigenvalue weighted by molar-refractivity contribution is 0.190.